The van der Waals surface area contributed by atoms with Gasteiger partial charge in [0, 0.05) is 18.3 Å². The Morgan fingerprint density at radius 2 is 2.22 bits per heavy atom. The first-order chi connectivity index (χ1) is 8.47. The molecule has 0 aliphatic rings. The van der Waals surface area contributed by atoms with Gasteiger partial charge in [-0.15, -0.1) is 0 Å². The Hall–Kier alpha value is -1.69. The molecule has 0 spiro atoms. The Bertz CT molecular complexity index is 479. The summed E-state index contributed by atoms with van der Waals surface area (Å²) < 4.78 is 1.98. The summed E-state index contributed by atoms with van der Waals surface area (Å²) in [5.74, 6) is 0.846. The second-order valence-corrected chi connectivity index (χ2v) is 5.44. The molecular formula is C12H20N6. The van der Waals surface area contributed by atoms with Crippen LogP contribution in [-0.2, 0) is 12.1 Å². The molecule has 0 bridgehead atoms. The van der Waals surface area contributed by atoms with Crippen molar-refractivity contribution in [2.75, 3.05) is 0 Å². The third-order valence-corrected chi connectivity index (χ3v) is 2.78. The van der Waals surface area contributed by atoms with Gasteiger partial charge in [0.15, 0.2) is 0 Å². The Morgan fingerprint density at radius 1 is 1.44 bits per heavy atom. The first-order valence-corrected chi connectivity index (χ1v) is 6.09. The van der Waals surface area contributed by atoms with Crippen LogP contribution < -0.4 is 5.32 Å². The summed E-state index contributed by atoms with van der Waals surface area (Å²) in [5.41, 5.74) is 1.19. The lowest BCUT2D eigenvalue weighted by atomic mass is 10.1. The van der Waals surface area contributed by atoms with E-state index in [0.29, 0.717) is 0 Å². The third-order valence-electron chi connectivity index (χ3n) is 2.78. The molecule has 98 valence electrons. The minimum absolute atomic E-state index is 0.0226. The monoisotopic (exact) mass is 248 g/mol. The van der Waals surface area contributed by atoms with Crippen LogP contribution >= 0.6 is 0 Å². The number of aromatic amines is 1. The van der Waals surface area contributed by atoms with E-state index in [1.54, 1.807) is 0 Å². The van der Waals surface area contributed by atoms with Gasteiger partial charge in [0.05, 0.1) is 17.8 Å². The third kappa shape index (κ3) is 2.95. The van der Waals surface area contributed by atoms with Crippen LogP contribution in [0.5, 0.6) is 0 Å². The van der Waals surface area contributed by atoms with E-state index in [9.17, 15) is 0 Å². The number of H-pyrrole nitrogens is 1. The lowest BCUT2D eigenvalue weighted by Gasteiger charge is -2.18. The molecule has 1 atom stereocenters. The molecule has 2 aromatic rings. The van der Waals surface area contributed by atoms with Gasteiger partial charge in [0.25, 0.3) is 0 Å². The number of hydrogen-bond donors (Lipinski definition) is 2. The summed E-state index contributed by atoms with van der Waals surface area (Å²) in [6.07, 6.45) is 5.48. The zero-order valence-electron chi connectivity index (χ0n) is 11.3. The molecule has 2 aromatic heterocycles. The molecule has 0 saturated carbocycles. The molecular weight excluding hydrogens is 228 g/mol. The molecule has 6 heteroatoms. The van der Waals surface area contributed by atoms with E-state index >= 15 is 0 Å². The van der Waals surface area contributed by atoms with Gasteiger partial charge in [-0.25, -0.2) is 4.98 Å². The van der Waals surface area contributed by atoms with Crippen molar-refractivity contribution in [1.29, 1.82) is 0 Å². The number of rotatable bonds is 4. The minimum Gasteiger partial charge on any atom is -0.303 e. The molecule has 2 rings (SSSR count). The standard InChI is InChI=1S/C12H20N6/c1-9(11-14-8-15-17-11)13-5-10-6-16-18(7-10)12(2,3)4/h6-9,13H,5H2,1-4H3,(H,14,15,17). The van der Waals surface area contributed by atoms with E-state index in [2.05, 4.69) is 59.5 Å². The quantitative estimate of drug-likeness (QED) is 0.862. The SMILES string of the molecule is CC(NCc1cnn(C(C)(C)C)c1)c1ncn[nH]1. The normalized spacial score (nSPS) is 13.8. The molecule has 2 N–H and O–H groups in total. The summed E-state index contributed by atoms with van der Waals surface area (Å²) >= 11 is 0. The van der Waals surface area contributed by atoms with Crippen LogP contribution in [0.15, 0.2) is 18.7 Å². The maximum absolute atomic E-state index is 4.37. The van der Waals surface area contributed by atoms with Crippen LogP contribution in [0.1, 0.15) is 45.1 Å². The average molecular weight is 248 g/mol. The molecule has 0 aliphatic heterocycles. The Morgan fingerprint density at radius 3 is 2.78 bits per heavy atom. The number of nitrogens with one attached hydrogen (secondary N) is 2. The number of nitrogens with zero attached hydrogens (tertiary/aromatic N) is 4. The van der Waals surface area contributed by atoms with E-state index < -0.39 is 0 Å². The summed E-state index contributed by atoms with van der Waals surface area (Å²) in [5, 5.41) is 14.4. The van der Waals surface area contributed by atoms with Crippen LogP contribution in [-0.4, -0.2) is 25.0 Å². The fraction of sp³-hybridized carbons (Fsp3) is 0.583. The highest BCUT2D eigenvalue weighted by Crippen LogP contribution is 2.13. The van der Waals surface area contributed by atoms with Gasteiger partial charge < -0.3 is 5.32 Å². The van der Waals surface area contributed by atoms with Gasteiger partial charge >= 0.3 is 0 Å². The first kappa shape index (κ1) is 12.8. The fourth-order valence-electron chi connectivity index (χ4n) is 1.61. The van der Waals surface area contributed by atoms with Gasteiger partial charge in [-0.1, -0.05) is 0 Å². The fourth-order valence-corrected chi connectivity index (χ4v) is 1.61. The Labute approximate surface area is 107 Å². The zero-order chi connectivity index (χ0) is 13.2. The summed E-state index contributed by atoms with van der Waals surface area (Å²) in [6, 6.07) is 0.144. The van der Waals surface area contributed by atoms with E-state index in [1.165, 1.54) is 6.33 Å². The van der Waals surface area contributed by atoms with Crippen molar-refractivity contribution in [2.24, 2.45) is 0 Å². The van der Waals surface area contributed by atoms with Gasteiger partial charge in [0.1, 0.15) is 12.2 Å². The van der Waals surface area contributed by atoms with Crippen LogP contribution in [0.4, 0.5) is 0 Å². The average Bonchev–Trinajstić information content (AvgIpc) is 2.96. The highest BCUT2D eigenvalue weighted by molar-refractivity contribution is 5.05. The second kappa shape index (κ2) is 4.89. The lowest BCUT2D eigenvalue weighted by molar-refractivity contribution is 0.355. The highest BCUT2D eigenvalue weighted by atomic mass is 15.3. The van der Waals surface area contributed by atoms with E-state index in [4.69, 9.17) is 0 Å². The maximum Gasteiger partial charge on any atom is 0.141 e. The predicted molar refractivity (Wildman–Crippen MR) is 68.9 cm³/mol. The smallest absolute Gasteiger partial charge is 0.141 e. The maximum atomic E-state index is 4.37. The van der Waals surface area contributed by atoms with Crippen molar-refractivity contribution < 1.29 is 0 Å². The van der Waals surface area contributed by atoms with E-state index in [0.717, 1.165) is 17.9 Å². The summed E-state index contributed by atoms with van der Waals surface area (Å²) in [6.45, 7) is 9.21. The van der Waals surface area contributed by atoms with Crippen molar-refractivity contribution in [2.45, 2.75) is 45.8 Å². The van der Waals surface area contributed by atoms with Crippen molar-refractivity contribution in [3.63, 3.8) is 0 Å². The van der Waals surface area contributed by atoms with Crippen molar-refractivity contribution in [3.8, 4) is 0 Å². The predicted octanol–water partition coefficient (Wildman–Crippen LogP) is 1.61. The van der Waals surface area contributed by atoms with E-state index in [1.807, 2.05) is 10.9 Å². The van der Waals surface area contributed by atoms with E-state index in [-0.39, 0.29) is 11.6 Å². The Balaban J connectivity index is 1.93. The topological polar surface area (TPSA) is 71.4 Å². The number of aromatic nitrogens is 5. The molecule has 1 unspecified atom stereocenters. The van der Waals surface area contributed by atoms with Crippen LogP contribution in [0.2, 0.25) is 0 Å². The molecule has 0 aliphatic carbocycles. The van der Waals surface area contributed by atoms with Crippen molar-refractivity contribution in [3.05, 3.63) is 30.1 Å². The first-order valence-electron chi connectivity index (χ1n) is 6.09. The van der Waals surface area contributed by atoms with Gasteiger partial charge in [-0.05, 0) is 27.7 Å². The van der Waals surface area contributed by atoms with Crippen LogP contribution in [0, 0.1) is 0 Å². The van der Waals surface area contributed by atoms with Gasteiger partial charge in [0.2, 0.25) is 0 Å². The molecule has 0 radical (unpaired) electrons. The van der Waals surface area contributed by atoms with Crippen molar-refractivity contribution >= 4 is 0 Å². The van der Waals surface area contributed by atoms with Gasteiger partial charge in [-0.3, -0.25) is 9.78 Å². The van der Waals surface area contributed by atoms with Crippen LogP contribution in [0.25, 0.3) is 0 Å². The summed E-state index contributed by atoms with van der Waals surface area (Å²) in [4.78, 5) is 4.12. The van der Waals surface area contributed by atoms with Crippen molar-refractivity contribution in [1.82, 2.24) is 30.3 Å². The number of hydrogen-bond acceptors (Lipinski definition) is 4. The van der Waals surface area contributed by atoms with Crippen LogP contribution in [0.3, 0.4) is 0 Å². The largest absolute Gasteiger partial charge is 0.303 e. The second-order valence-electron chi connectivity index (χ2n) is 5.44. The Kier molecular flexibility index (Phi) is 3.47. The molecule has 6 nitrogen and oxygen atoms in total. The summed E-state index contributed by atoms with van der Waals surface area (Å²) in [7, 11) is 0. The molecule has 0 amide bonds. The molecule has 2 heterocycles. The highest BCUT2D eigenvalue weighted by Gasteiger charge is 2.14. The molecule has 0 aromatic carbocycles. The zero-order valence-corrected chi connectivity index (χ0v) is 11.3. The lowest BCUT2D eigenvalue weighted by Crippen LogP contribution is -2.22. The molecule has 0 saturated heterocycles. The molecule has 0 fully saturated rings. The molecule has 18 heavy (non-hydrogen) atoms. The van der Waals surface area contributed by atoms with Gasteiger partial charge in [-0.2, -0.15) is 10.2 Å². The minimum atomic E-state index is 0.0226.